The fourth-order valence-electron chi connectivity index (χ4n) is 2.54. The van der Waals surface area contributed by atoms with Gasteiger partial charge in [-0.1, -0.05) is 24.6 Å². The lowest BCUT2D eigenvalue weighted by molar-refractivity contribution is 0.0250. The first-order valence-electron chi connectivity index (χ1n) is 7.72. The van der Waals surface area contributed by atoms with Crippen LogP contribution in [0.25, 0.3) is 0 Å². The molecule has 6 nitrogen and oxygen atoms in total. The van der Waals surface area contributed by atoms with Crippen molar-refractivity contribution < 1.29 is 9.53 Å². The number of ether oxygens (including phenoxy) is 1. The molecule has 0 spiro atoms. The highest BCUT2D eigenvalue weighted by atomic mass is 35.5. The van der Waals surface area contributed by atoms with Crippen LogP contribution in [-0.4, -0.2) is 40.7 Å². The molecule has 1 aliphatic heterocycles. The molecule has 2 aromatic rings. The number of pyridine rings is 1. The van der Waals surface area contributed by atoms with E-state index in [0.29, 0.717) is 23.7 Å². The van der Waals surface area contributed by atoms with Crippen LogP contribution in [0.3, 0.4) is 0 Å². The number of hydrogen-bond donors (Lipinski definition) is 2. The molecule has 3 heterocycles. The van der Waals surface area contributed by atoms with Crippen molar-refractivity contribution >= 4 is 17.4 Å². The van der Waals surface area contributed by atoms with E-state index in [4.69, 9.17) is 16.3 Å². The first-order chi connectivity index (χ1) is 11.2. The highest BCUT2D eigenvalue weighted by molar-refractivity contribution is 6.34. The van der Waals surface area contributed by atoms with Gasteiger partial charge in [0.15, 0.2) is 5.78 Å². The molecule has 1 saturated heterocycles. The Bertz CT molecular complexity index is 678. The van der Waals surface area contributed by atoms with Gasteiger partial charge in [0.1, 0.15) is 11.8 Å². The summed E-state index contributed by atoms with van der Waals surface area (Å²) in [5.74, 6) is -0.115. The monoisotopic (exact) mass is 334 g/mol. The Balaban J connectivity index is 1.67. The van der Waals surface area contributed by atoms with Crippen LogP contribution in [0.1, 0.15) is 40.5 Å². The van der Waals surface area contributed by atoms with Crippen LogP contribution in [0.4, 0.5) is 0 Å². The zero-order chi connectivity index (χ0) is 16.2. The van der Waals surface area contributed by atoms with Gasteiger partial charge in [-0.15, -0.1) is 0 Å². The van der Waals surface area contributed by atoms with Crippen LogP contribution in [-0.2, 0) is 17.6 Å². The zero-order valence-corrected chi connectivity index (χ0v) is 13.7. The Kier molecular flexibility index (Phi) is 5.05. The Morgan fingerprint density at radius 2 is 2.35 bits per heavy atom. The minimum Gasteiger partial charge on any atom is -0.369 e. The fraction of sp³-hybridized carbons (Fsp3) is 0.438. The lowest BCUT2D eigenvalue weighted by atomic mass is 10.1. The summed E-state index contributed by atoms with van der Waals surface area (Å²) in [6.45, 7) is 4.27. The maximum Gasteiger partial charge on any atom is 0.189 e. The third kappa shape index (κ3) is 3.60. The molecular weight excluding hydrogens is 316 g/mol. The molecule has 0 bridgehead atoms. The first-order valence-corrected chi connectivity index (χ1v) is 8.10. The van der Waals surface area contributed by atoms with Gasteiger partial charge in [-0.2, -0.15) is 5.10 Å². The molecule has 0 radical (unpaired) electrons. The summed E-state index contributed by atoms with van der Waals surface area (Å²) in [6, 6.07) is 3.81. The number of hydrogen-bond acceptors (Lipinski definition) is 5. The molecule has 0 amide bonds. The third-order valence-corrected chi connectivity index (χ3v) is 4.27. The van der Waals surface area contributed by atoms with Crippen LogP contribution in [0, 0.1) is 0 Å². The molecule has 2 aromatic heterocycles. The first kappa shape index (κ1) is 16.1. The van der Waals surface area contributed by atoms with E-state index < -0.39 is 0 Å². The summed E-state index contributed by atoms with van der Waals surface area (Å²) in [5, 5.41) is 10.5. The quantitative estimate of drug-likeness (QED) is 0.819. The van der Waals surface area contributed by atoms with Crippen molar-refractivity contribution in [2.45, 2.75) is 25.9 Å². The van der Waals surface area contributed by atoms with Crippen molar-refractivity contribution in [3.63, 3.8) is 0 Å². The number of nitrogens with zero attached hydrogens (tertiary/aromatic N) is 2. The standard InChI is InChI=1S/C16H19ClN4O2/c1-2-11-15(17)16(21-20-11)13(22)7-10-3-4-12(19-8-10)14-9-18-5-6-23-14/h3-4,8,14,18H,2,5-7,9H2,1H3,(H,20,21)/t14-/m0/s1. The number of H-pyrrole nitrogens is 1. The Labute approximate surface area is 139 Å². The molecule has 0 aromatic carbocycles. The minimum atomic E-state index is -0.115. The van der Waals surface area contributed by atoms with Gasteiger partial charge in [0, 0.05) is 25.7 Å². The number of aryl methyl sites for hydroxylation is 1. The van der Waals surface area contributed by atoms with E-state index >= 15 is 0 Å². The van der Waals surface area contributed by atoms with Crippen LogP contribution < -0.4 is 5.32 Å². The number of carbonyl (C=O) groups excluding carboxylic acids is 1. The van der Waals surface area contributed by atoms with Gasteiger partial charge >= 0.3 is 0 Å². The summed E-state index contributed by atoms with van der Waals surface area (Å²) >= 11 is 6.16. The van der Waals surface area contributed by atoms with E-state index in [2.05, 4.69) is 20.5 Å². The topological polar surface area (TPSA) is 79.9 Å². The molecule has 122 valence electrons. The molecule has 2 N–H and O–H groups in total. The number of rotatable bonds is 5. The summed E-state index contributed by atoms with van der Waals surface area (Å²) in [5.41, 5.74) is 2.79. The number of aromatic nitrogens is 3. The minimum absolute atomic E-state index is 0.0265. The van der Waals surface area contributed by atoms with E-state index in [1.807, 2.05) is 19.1 Å². The normalized spacial score (nSPS) is 18.1. The van der Waals surface area contributed by atoms with Crippen LogP contribution in [0.15, 0.2) is 18.3 Å². The molecule has 1 aliphatic rings. The van der Waals surface area contributed by atoms with Gasteiger partial charge in [-0.3, -0.25) is 14.9 Å². The number of halogens is 1. The fourth-order valence-corrected chi connectivity index (χ4v) is 2.86. The summed E-state index contributed by atoms with van der Waals surface area (Å²) in [7, 11) is 0. The number of carbonyl (C=O) groups is 1. The highest BCUT2D eigenvalue weighted by Crippen LogP contribution is 2.21. The molecule has 0 aliphatic carbocycles. The van der Waals surface area contributed by atoms with Crippen molar-refractivity contribution in [1.29, 1.82) is 0 Å². The Morgan fingerprint density at radius 3 is 2.96 bits per heavy atom. The van der Waals surface area contributed by atoms with Crippen molar-refractivity contribution in [3.05, 3.63) is 46.0 Å². The smallest absolute Gasteiger partial charge is 0.189 e. The van der Waals surface area contributed by atoms with Gasteiger partial charge in [0.05, 0.1) is 23.0 Å². The van der Waals surface area contributed by atoms with E-state index in [1.165, 1.54) is 0 Å². The number of Topliss-reactive ketones (excluding diaryl/α,β-unsaturated/α-hetero) is 1. The molecule has 0 unspecified atom stereocenters. The van der Waals surface area contributed by atoms with Crippen molar-refractivity contribution in [3.8, 4) is 0 Å². The SMILES string of the molecule is CCc1[nH]nc(C(=O)Cc2ccc([C@@H]3CNCCO3)nc2)c1Cl. The lowest BCUT2D eigenvalue weighted by Crippen LogP contribution is -2.33. The number of ketones is 1. The molecular formula is C16H19ClN4O2. The van der Waals surface area contributed by atoms with Crippen molar-refractivity contribution in [2.75, 3.05) is 19.7 Å². The predicted octanol–water partition coefficient (Wildman–Crippen LogP) is 2.11. The average molecular weight is 335 g/mol. The Morgan fingerprint density at radius 1 is 1.48 bits per heavy atom. The zero-order valence-electron chi connectivity index (χ0n) is 12.9. The van der Waals surface area contributed by atoms with Gasteiger partial charge in [-0.05, 0) is 18.1 Å². The van der Waals surface area contributed by atoms with Crippen molar-refractivity contribution in [1.82, 2.24) is 20.5 Å². The molecule has 0 saturated carbocycles. The second-order valence-corrected chi connectivity index (χ2v) is 5.85. The summed E-state index contributed by atoms with van der Waals surface area (Å²) in [6.07, 6.45) is 2.63. The van der Waals surface area contributed by atoms with Gasteiger partial charge in [0.2, 0.25) is 0 Å². The van der Waals surface area contributed by atoms with Crippen LogP contribution >= 0.6 is 11.6 Å². The molecule has 23 heavy (non-hydrogen) atoms. The highest BCUT2D eigenvalue weighted by Gasteiger charge is 2.19. The van der Waals surface area contributed by atoms with Gasteiger partial charge in [0.25, 0.3) is 0 Å². The second-order valence-electron chi connectivity index (χ2n) is 5.47. The van der Waals surface area contributed by atoms with Gasteiger partial charge in [-0.25, -0.2) is 0 Å². The Hall–Kier alpha value is -1.76. The lowest BCUT2D eigenvalue weighted by Gasteiger charge is -2.23. The van der Waals surface area contributed by atoms with E-state index in [1.54, 1.807) is 6.20 Å². The maximum atomic E-state index is 12.3. The van der Waals surface area contributed by atoms with Gasteiger partial charge < -0.3 is 10.1 Å². The summed E-state index contributed by atoms with van der Waals surface area (Å²) in [4.78, 5) is 16.7. The van der Waals surface area contributed by atoms with Crippen molar-refractivity contribution in [2.24, 2.45) is 0 Å². The van der Waals surface area contributed by atoms with E-state index in [9.17, 15) is 4.79 Å². The number of aromatic amines is 1. The number of morpholine rings is 1. The molecule has 1 atom stereocenters. The second kappa shape index (κ2) is 7.21. The number of nitrogens with one attached hydrogen (secondary N) is 2. The molecule has 1 fully saturated rings. The maximum absolute atomic E-state index is 12.3. The average Bonchev–Trinajstić information content (AvgIpc) is 2.97. The third-order valence-electron chi connectivity index (χ3n) is 3.86. The van der Waals surface area contributed by atoms with Crippen LogP contribution in [0.5, 0.6) is 0 Å². The summed E-state index contributed by atoms with van der Waals surface area (Å²) < 4.78 is 5.66. The van der Waals surface area contributed by atoms with E-state index in [-0.39, 0.29) is 18.3 Å². The van der Waals surface area contributed by atoms with Crippen LogP contribution in [0.2, 0.25) is 5.02 Å². The van der Waals surface area contributed by atoms with E-state index in [0.717, 1.165) is 30.0 Å². The largest absolute Gasteiger partial charge is 0.369 e. The molecule has 3 rings (SSSR count). The predicted molar refractivity (Wildman–Crippen MR) is 86.8 cm³/mol. The molecule has 7 heteroatoms.